The average Bonchev–Trinajstić information content (AvgIpc) is 2.90. The molecule has 0 bridgehead atoms. The van der Waals surface area contributed by atoms with Crippen LogP contribution in [-0.2, 0) is 16.0 Å². The van der Waals surface area contributed by atoms with Crippen molar-refractivity contribution in [2.75, 3.05) is 18.0 Å². The normalized spacial score (nSPS) is 19.0. The third kappa shape index (κ3) is 4.58. The molecule has 2 aromatic rings. The molecule has 6 nitrogen and oxygen atoms in total. The summed E-state index contributed by atoms with van der Waals surface area (Å²) in [5.74, 6) is -4.07. The van der Waals surface area contributed by atoms with Crippen LogP contribution < -0.4 is 10.2 Å². The number of carbonyl (C=O) groups excluding carboxylic acids is 2. The Bertz CT molecular complexity index is 874. The van der Waals surface area contributed by atoms with Gasteiger partial charge in [0, 0.05) is 30.2 Å². The van der Waals surface area contributed by atoms with Crippen molar-refractivity contribution in [1.82, 2.24) is 5.32 Å². The molecule has 1 saturated heterocycles. The van der Waals surface area contributed by atoms with Crippen molar-refractivity contribution in [3.8, 4) is 0 Å². The summed E-state index contributed by atoms with van der Waals surface area (Å²) in [7, 11) is 0. The number of aliphatic hydroxyl groups is 1. The van der Waals surface area contributed by atoms with Gasteiger partial charge in [0.25, 0.3) is 11.7 Å². The van der Waals surface area contributed by atoms with Gasteiger partial charge in [0.15, 0.2) is 0 Å². The fourth-order valence-corrected chi connectivity index (χ4v) is 3.14. The minimum atomic E-state index is -2.30. The highest BCUT2D eigenvalue weighted by Gasteiger charge is 2.49. The fraction of sp³-hybridized carbons (Fsp3) is 0.263. The number of hydrogen-bond donors (Lipinski definition) is 2. The fourth-order valence-electron chi connectivity index (χ4n) is 2.90. The second-order valence-corrected chi connectivity index (χ2v) is 6.75. The van der Waals surface area contributed by atoms with E-state index in [4.69, 9.17) is 16.3 Å². The molecule has 2 aromatic carbocycles. The minimum absolute atomic E-state index is 0.0879. The van der Waals surface area contributed by atoms with Crippen molar-refractivity contribution in [1.29, 1.82) is 0 Å². The maximum absolute atomic E-state index is 13.3. The van der Waals surface area contributed by atoms with Crippen molar-refractivity contribution in [2.24, 2.45) is 0 Å². The molecule has 1 heterocycles. The molecule has 9 heteroatoms. The molecule has 0 radical (unpaired) electrons. The van der Waals surface area contributed by atoms with Crippen LogP contribution in [0.15, 0.2) is 42.5 Å². The highest BCUT2D eigenvalue weighted by Crippen LogP contribution is 2.29. The summed E-state index contributed by atoms with van der Waals surface area (Å²) in [6.07, 6.45) is -0.837. The van der Waals surface area contributed by atoms with E-state index in [1.165, 1.54) is 41.3 Å². The summed E-state index contributed by atoms with van der Waals surface area (Å²) in [5, 5.41) is 13.0. The average molecular weight is 411 g/mol. The highest BCUT2D eigenvalue weighted by molar-refractivity contribution is 6.30. The topological polar surface area (TPSA) is 78.9 Å². The summed E-state index contributed by atoms with van der Waals surface area (Å²) >= 11 is 5.76. The largest absolute Gasteiger partial charge is 0.410 e. The lowest BCUT2D eigenvalue weighted by Gasteiger charge is -2.22. The predicted octanol–water partition coefficient (Wildman–Crippen LogP) is 3.01. The molecule has 148 valence electrons. The van der Waals surface area contributed by atoms with Crippen LogP contribution in [0.4, 0.5) is 19.3 Å². The van der Waals surface area contributed by atoms with Crippen LogP contribution in [0.1, 0.15) is 12.0 Å². The monoisotopic (exact) mass is 410 g/mol. The molecule has 1 atom stereocenters. The number of carbonyl (C=O) groups is 2. The zero-order chi connectivity index (χ0) is 20.3. The highest BCUT2D eigenvalue weighted by atomic mass is 35.5. The van der Waals surface area contributed by atoms with Gasteiger partial charge in [0.2, 0.25) is 0 Å². The molecule has 0 aromatic heterocycles. The molecule has 0 unspecified atom stereocenters. The summed E-state index contributed by atoms with van der Waals surface area (Å²) in [4.78, 5) is 25.6. The Morgan fingerprint density at radius 3 is 2.61 bits per heavy atom. The Kier molecular flexibility index (Phi) is 5.81. The standard InChI is InChI=1S/C19H17ClF2N2O4/c20-13-9-12(10-15(22)11-13)5-7-23-18(26)28-19(27)6-8-24(17(19)25)16-3-1-14(21)2-4-16/h1-4,9-11,27H,5-8H2,(H,23,26)/t19-/m0/s1. The first-order valence-corrected chi connectivity index (χ1v) is 8.86. The van der Waals surface area contributed by atoms with Crippen LogP contribution in [0.5, 0.6) is 0 Å². The summed E-state index contributed by atoms with van der Waals surface area (Å²) in [6, 6.07) is 9.17. The number of rotatable bonds is 5. The minimum Gasteiger partial charge on any atom is -0.407 e. The van der Waals surface area contributed by atoms with Crippen LogP contribution in [-0.4, -0.2) is 36.0 Å². The van der Waals surface area contributed by atoms with Gasteiger partial charge in [-0.3, -0.25) is 4.79 Å². The van der Waals surface area contributed by atoms with Gasteiger partial charge >= 0.3 is 6.09 Å². The molecular formula is C19H17ClF2N2O4. The maximum atomic E-state index is 13.3. The molecule has 2 N–H and O–H groups in total. The molecule has 1 aliphatic rings. The number of anilines is 1. The first-order valence-electron chi connectivity index (χ1n) is 8.48. The lowest BCUT2D eigenvalue weighted by Crippen LogP contribution is -2.46. The van der Waals surface area contributed by atoms with E-state index in [0.29, 0.717) is 11.3 Å². The molecule has 2 amide bonds. The Morgan fingerprint density at radius 1 is 1.21 bits per heavy atom. The van der Waals surface area contributed by atoms with Crippen LogP contribution in [0.2, 0.25) is 5.02 Å². The molecule has 0 aliphatic carbocycles. The Labute approximate surface area is 164 Å². The van der Waals surface area contributed by atoms with Crippen LogP contribution in [0, 0.1) is 11.6 Å². The summed E-state index contributed by atoms with van der Waals surface area (Å²) in [6.45, 7) is 0.195. The summed E-state index contributed by atoms with van der Waals surface area (Å²) < 4.78 is 31.2. The zero-order valence-electron chi connectivity index (χ0n) is 14.6. The van der Waals surface area contributed by atoms with Crippen molar-refractivity contribution >= 4 is 29.3 Å². The van der Waals surface area contributed by atoms with Gasteiger partial charge < -0.3 is 20.1 Å². The number of ether oxygens (including phenoxy) is 1. The predicted molar refractivity (Wildman–Crippen MR) is 97.9 cm³/mol. The number of hydrogen-bond acceptors (Lipinski definition) is 4. The lowest BCUT2D eigenvalue weighted by atomic mass is 10.1. The van der Waals surface area contributed by atoms with Gasteiger partial charge in [0.05, 0.1) is 0 Å². The second-order valence-electron chi connectivity index (χ2n) is 6.31. The number of halogens is 3. The second kappa shape index (κ2) is 8.12. The van der Waals surface area contributed by atoms with E-state index in [1.54, 1.807) is 6.07 Å². The van der Waals surface area contributed by atoms with Crippen LogP contribution in [0.3, 0.4) is 0 Å². The van der Waals surface area contributed by atoms with Crippen molar-refractivity contribution in [3.63, 3.8) is 0 Å². The van der Waals surface area contributed by atoms with Crippen molar-refractivity contribution in [3.05, 3.63) is 64.7 Å². The van der Waals surface area contributed by atoms with Crippen molar-refractivity contribution in [2.45, 2.75) is 18.6 Å². The third-order valence-electron chi connectivity index (χ3n) is 4.26. The number of benzene rings is 2. The van der Waals surface area contributed by atoms with E-state index in [2.05, 4.69) is 5.32 Å². The quantitative estimate of drug-likeness (QED) is 0.743. The first-order chi connectivity index (χ1) is 13.3. The number of nitrogens with one attached hydrogen (secondary N) is 1. The molecular weight excluding hydrogens is 394 g/mol. The molecule has 3 rings (SSSR count). The van der Waals surface area contributed by atoms with Crippen molar-refractivity contribution < 1.29 is 28.2 Å². The van der Waals surface area contributed by atoms with E-state index in [9.17, 15) is 23.5 Å². The lowest BCUT2D eigenvalue weighted by molar-refractivity contribution is -0.175. The SMILES string of the molecule is O=C(NCCc1cc(F)cc(Cl)c1)O[C@@]1(O)CCN(c2ccc(F)cc2)C1=O. The molecule has 0 saturated carbocycles. The Hall–Kier alpha value is -2.71. The van der Waals surface area contributed by atoms with Gasteiger partial charge in [-0.15, -0.1) is 0 Å². The van der Waals surface area contributed by atoms with Gasteiger partial charge in [-0.25, -0.2) is 13.6 Å². The van der Waals surface area contributed by atoms with Crippen LogP contribution in [0.25, 0.3) is 0 Å². The molecule has 1 fully saturated rings. The van der Waals surface area contributed by atoms with E-state index in [0.717, 1.165) is 0 Å². The Balaban J connectivity index is 1.54. The number of nitrogens with zero attached hydrogens (tertiary/aromatic N) is 1. The van der Waals surface area contributed by atoms with Gasteiger partial charge in [-0.05, 0) is 54.4 Å². The smallest absolute Gasteiger partial charge is 0.407 e. The summed E-state index contributed by atoms with van der Waals surface area (Å²) in [5.41, 5.74) is 0.956. The number of amides is 2. The van der Waals surface area contributed by atoms with E-state index >= 15 is 0 Å². The van der Waals surface area contributed by atoms with Gasteiger partial charge in [0.1, 0.15) is 11.6 Å². The van der Waals surface area contributed by atoms with Gasteiger partial charge in [-0.1, -0.05) is 11.6 Å². The van der Waals surface area contributed by atoms with E-state index in [1.807, 2.05) is 0 Å². The van der Waals surface area contributed by atoms with E-state index in [-0.39, 0.29) is 31.0 Å². The molecule has 0 spiro atoms. The molecule has 1 aliphatic heterocycles. The Morgan fingerprint density at radius 2 is 1.93 bits per heavy atom. The molecule has 28 heavy (non-hydrogen) atoms. The zero-order valence-corrected chi connectivity index (χ0v) is 15.4. The first kappa shape index (κ1) is 20.0. The van der Waals surface area contributed by atoms with Gasteiger partial charge in [-0.2, -0.15) is 0 Å². The third-order valence-corrected chi connectivity index (χ3v) is 4.48. The van der Waals surface area contributed by atoms with E-state index < -0.39 is 29.4 Å². The maximum Gasteiger partial charge on any atom is 0.410 e. The number of alkyl carbamates (subject to hydrolysis) is 1. The van der Waals surface area contributed by atoms with Crippen LogP contribution >= 0.6 is 11.6 Å².